The van der Waals surface area contributed by atoms with Crippen molar-refractivity contribution in [2.24, 2.45) is 5.92 Å². The molecule has 2 heterocycles. The van der Waals surface area contributed by atoms with Crippen LogP contribution in [0.4, 0.5) is 13.9 Å². The number of alkyl halides is 2. The van der Waals surface area contributed by atoms with Gasteiger partial charge in [0.2, 0.25) is 5.91 Å². The normalized spacial score (nSPS) is 11.4. The first-order chi connectivity index (χ1) is 12.8. The lowest BCUT2D eigenvalue weighted by molar-refractivity contribution is -0.118. The van der Waals surface area contributed by atoms with Gasteiger partial charge in [0.15, 0.2) is 5.13 Å². The zero-order valence-electron chi connectivity index (χ0n) is 14.2. The third-order valence-corrected chi connectivity index (χ3v) is 5.16. The Kier molecular flexibility index (Phi) is 5.78. The number of para-hydroxylation sites is 1. The molecule has 0 aliphatic carbocycles. The third kappa shape index (κ3) is 4.12. The Hall–Kier alpha value is -2.03. The summed E-state index contributed by atoms with van der Waals surface area (Å²) in [6.45, 7) is 3.51. The highest BCUT2D eigenvalue weighted by atomic mass is 35.5. The number of anilines is 1. The summed E-state index contributed by atoms with van der Waals surface area (Å²) in [6.07, 6.45) is -1.28. The smallest absolute Gasteiger partial charge is 0.282 e. The minimum atomic E-state index is -2.76. The van der Waals surface area contributed by atoms with Crippen LogP contribution in [0.5, 0.6) is 0 Å². The number of amides is 1. The fraction of sp³-hybridized carbons (Fsp3) is 0.235. The fourth-order valence-corrected chi connectivity index (χ4v) is 3.62. The van der Waals surface area contributed by atoms with Crippen LogP contribution in [0.25, 0.3) is 16.3 Å². The SMILES string of the molecule is CC(C)C(=O)Nc1ncc(-c2cc(C(F)F)nn2-c2c(Cl)cccc2Cl)s1. The average molecular weight is 431 g/mol. The van der Waals surface area contributed by atoms with Crippen molar-refractivity contribution < 1.29 is 13.6 Å². The summed E-state index contributed by atoms with van der Waals surface area (Å²) in [5.41, 5.74) is 0.230. The van der Waals surface area contributed by atoms with Gasteiger partial charge in [-0.1, -0.05) is 54.5 Å². The number of hydrogen-bond donors (Lipinski definition) is 1. The molecule has 1 N–H and O–H groups in total. The molecule has 10 heteroatoms. The van der Waals surface area contributed by atoms with Gasteiger partial charge in [-0.25, -0.2) is 18.4 Å². The molecule has 0 radical (unpaired) electrons. The molecule has 0 aliphatic heterocycles. The van der Waals surface area contributed by atoms with Gasteiger partial charge in [-0.2, -0.15) is 5.10 Å². The first-order valence-corrected chi connectivity index (χ1v) is 9.44. The summed E-state index contributed by atoms with van der Waals surface area (Å²) in [4.78, 5) is 16.5. The molecule has 2 aromatic heterocycles. The van der Waals surface area contributed by atoms with Gasteiger partial charge in [0.25, 0.3) is 6.43 Å². The van der Waals surface area contributed by atoms with E-state index in [4.69, 9.17) is 23.2 Å². The maximum atomic E-state index is 13.2. The molecule has 27 heavy (non-hydrogen) atoms. The van der Waals surface area contributed by atoms with E-state index in [2.05, 4.69) is 15.4 Å². The fourth-order valence-electron chi connectivity index (χ4n) is 2.24. The Morgan fingerprint density at radius 1 is 1.26 bits per heavy atom. The van der Waals surface area contributed by atoms with Crippen LogP contribution in [0, 0.1) is 5.92 Å². The van der Waals surface area contributed by atoms with Crippen LogP contribution < -0.4 is 5.32 Å². The van der Waals surface area contributed by atoms with Gasteiger partial charge >= 0.3 is 0 Å². The molecule has 0 fully saturated rings. The molecule has 0 aliphatic rings. The molecular formula is C17H14Cl2F2N4OS. The summed E-state index contributed by atoms with van der Waals surface area (Å²) in [7, 11) is 0. The predicted molar refractivity (Wildman–Crippen MR) is 103 cm³/mol. The standard InChI is InChI=1S/C17H14Cl2F2N4OS/c1-8(2)16(26)23-17-22-7-13(27-17)12-6-11(15(20)21)24-25(12)14-9(18)4-3-5-10(14)19/h3-8,15H,1-2H3,(H,22,23,26). The number of carbonyl (C=O) groups excluding carboxylic acids is 1. The number of hydrogen-bond acceptors (Lipinski definition) is 4. The zero-order valence-corrected chi connectivity index (χ0v) is 16.5. The number of nitrogens with zero attached hydrogens (tertiary/aromatic N) is 3. The molecular weight excluding hydrogens is 417 g/mol. The molecule has 3 aromatic rings. The minimum absolute atomic E-state index is 0.188. The Balaban J connectivity index is 2.08. The van der Waals surface area contributed by atoms with E-state index in [-0.39, 0.29) is 21.9 Å². The van der Waals surface area contributed by atoms with E-state index < -0.39 is 12.1 Å². The van der Waals surface area contributed by atoms with E-state index in [1.54, 1.807) is 32.0 Å². The Labute approximate surface area is 167 Å². The molecule has 142 valence electrons. The summed E-state index contributed by atoms with van der Waals surface area (Å²) >= 11 is 13.6. The van der Waals surface area contributed by atoms with Crippen molar-refractivity contribution >= 4 is 45.6 Å². The van der Waals surface area contributed by atoms with E-state index >= 15 is 0 Å². The summed E-state index contributed by atoms with van der Waals surface area (Å²) < 4.78 is 27.8. The quantitative estimate of drug-likeness (QED) is 0.553. The monoisotopic (exact) mass is 430 g/mol. The van der Waals surface area contributed by atoms with Gasteiger partial charge in [0.05, 0.1) is 20.6 Å². The number of benzene rings is 1. The molecule has 0 bridgehead atoms. The van der Waals surface area contributed by atoms with Crippen LogP contribution in [0.1, 0.15) is 26.0 Å². The highest BCUT2D eigenvalue weighted by Crippen LogP contribution is 2.37. The van der Waals surface area contributed by atoms with Crippen molar-refractivity contribution in [1.82, 2.24) is 14.8 Å². The molecule has 0 spiro atoms. The molecule has 1 aromatic carbocycles. The Morgan fingerprint density at radius 2 is 1.93 bits per heavy atom. The minimum Gasteiger partial charge on any atom is -0.302 e. The molecule has 5 nitrogen and oxygen atoms in total. The number of nitrogens with one attached hydrogen (secondary N) is 1. The Morgan fingerprint density at radius 3 is 2.52 bits per heavy atom. The van der Waals surface area contributed by atoms with E-state index in [9.17, 15) is 13.6 Å². The molecule has 0 unspecified atom stereocenters. The Bertz CT molecular complexity index is 967. The molecule has 3 rings (SSSR count). The highest BCUT2D eigenvalue weighted by Gasteiger charge is 2.22. The van der Waals surface area contributed by atoms with Gasteiger partial charge in [0.1, 0.15) is 11.4 Å². The number of rotatable bonds is 5. The lowest BCUT2D eigenvalue weighted by Crippen LogP contribution is -2.17. The van der Waals surface area contributed by atoms with Crippen LogP contribution in [0.15, 0.2) is 30.5 Å². The zero-order chi connectivity index (χ0) is 19.7. The van der Waals surface area contributed by atoms with Crippen LogP contribution in [0.3, 0.4) is 0 Å². The van der Waals surface area contributed by atoms with Crippen LogP contribution in [-0.4, -0.2) is 20.7 Å². The number of halogens is 4. The lowest BCUT2D eigenvalue weighted by Gasteiger charge is -2.10. The van der Waals surface area contributed by atoms with Crippen molar-refractivity contribution in [1.29, 1.82) is 0 Å². The molecule has 1 amide bonds. The van der Waals surface area contributed by atoms with Gasteiger partial charge in [0, 0.05) is 12.1 Å². The van der Waals surface area contributed by atoms with Crippen molar-refractivity contribution in [2.75, 3.05) is 5.32 Å². The van der Waals surface area contributed by atoms with E-state index in [0.29, 0.717) is 21.4 Å². The maximum absolute atomic E-state index is 13.2. The largest absolute Gasteiger partial charge is 0.302 e. The second kappa shape index (κ2) is 7.92. The number of aromatic nitrogens is 3. The lowest BCUT2D eigenvalue weighted by atomic mass is 10.2. The van der Waals surface area contributed by atoms with Gasteiger partial charge < -0.3 is 5.32 Å². The number of carbonyl (C=O) groups is 1. The first-order valence-electron chi connectivity index (χ1n) is 7.87. The van der Waals surface area contributed by atoms with Gasteiger partial charge in [-0.05, 0) is 18.2 Å². The maximum Gasteiger partial charge on any atom is 0.282 e. The second-order valence-corrected chi connectivity index (χ2v) is 7.76. The molecule has 0 saturated carbocycles. The van der Waals surface area contributed by atoms with Crippen molar-refractivity contribution in [2.45, 2.75) is 20.3 Å². The van der Waals surface area contributed by atoms with Crippen LogP contribution in [-0.2, 0) is 4.79 Å². The molecule has 0 saturated heterocycles. The summed E-state index contributed by atoms with van der Waals surface area (Å²) in [6, 6.07) is 6.10. The average Bonchev–Trinajstić information content (AvgIpc) is 3.21. The molecule has 0 atom stereocenters. The van der Waals surface area contributed by atoms with Crippen LogP contribution >= 0.6 is 34.5 Å². The topological polar surface area (TPSA) is 59.8 Å². The third-order valence-electron chi connectivity index (χ3n) is 3.61. The number of thiazole rings is 1. The predicted octanol–water partition coefficient (Wildman–Crippen LogP) is 5.83. The van der Waals surface area contributed by atoms with Gasteiger partial charge in [-0.3, -0.25) is 4.79 Å². The van der Waals surface area contributed by atoms with Crippen molar-refractivity contribution in [3.05, 3.63) is 46.2 Å². The second-order valence-electron chi connectivity index (χ2n) is 5.91. The van der Waals surface area contributed by atoms with Gasteiger partial charge in [-0.15, -0.1) is 0 Å². The van der Waals surface area contributed by atoms with Crippen molar-refractivity contribution in [3.8, 4) is 16.3 Å². The van der Waals surface area contributed by atoms with Crippen LogP contribution in [0.2, 0.25) is 10.0 Å². The summed E-state index contributed by atoms with van der Waals surface area (Å²) in [5.74, 6) is -0.401. The van der Waals surface area contributed by atoms with Crippen molar-refractivity contribution in [3.63, 3.8) is 0 Å². The van der Waals surface area contributed by atoms with E-state index in [0.717, 1.165) is 11.3 Å². The highest BCUT2D eigenvalue weighted by molar-refractivity contribution is 7.19. The van der Waals surface area contributed by atoms with E-state index in [1.807, 2.05) is 0 Å². The summed E-state index contributed by atoms with van der Waals surface area (Å²) in [5, 5.41) is 7.55. The first kappa shape index (κ1) is 19.7. The van der Waals surface area contributed by atoms with E-state index in [1.165, 1.54) is 16.9 Å².